The molecule has 1 N–H and O–H groups in total. The van der Waals surface area contributed by atoms with Crippen LogP contribution in [0.4, 0.5) is 10.5 Å². The number of carbonyl (C=O) groups is 1. The number of nitrogens with one attached hydrogen (secondary N) is 1. The summed E-state index contributed by atoms with van der Waals surface area (Å²) in [5.74, 6) is 0.551. The van der Waals surface area contributed by atoms with Gasteiger partial charge in [-0.25, -0.2) is 4.79 Å². The molecule has 3 rings (SSSR count). The number of ether oxygens (including phenoxy) is 1. The van der Waals surface area contributed by atoms with E-state index in [4.69, 9.17) is 16.3 Å². The monoisotopic (exact) mass is 323 g/mol. The van der Waals surface area contributed by atoms with E-state index < -0.39 is 0 Å². The number of para-hydroxylation sites is 1. The normalized spacial score (nSPS) is 22.8. The number of benzene rings is 1. The van der Waals surface area contributed by atoms with Gasteiger partial charge in [0.2, 0.25) is 0 Å². The minimum absolute atomic E-state index is 0.0578. The van der Waals surface area contributed by atoms with Crippen LogP contribution < -0.4 is 5.32 Å². The maximum Gasteiger partial charge on any atom is 0.321 e. The number of amides is 2. The largest absolute Gasteiger partial charge is 0.379 e. The van der Waals surface area contributed by atoms with E-state index >= 15 is 0 Å². The van der Waals surface area contributed by atoms with Crippen LogP contribution in [0.2, 0.25) is 5.02 Å². The summed E-state index contributed by atoms with van der Waals surface area (Å²) in [7, 11) is 0. The third kappa shape index (κ3) is 3.91. The first-order valence-electron chi connectivity index (χ1n) is 7.83. The number of hydrogen-bond donors (Lipinski definition) is 1. The summed E-state index contributed by atoms with van der Waals surface area (Å²) in [5.41, 5.74) is 0.672. The third-order valence-electron chi connectivity index (χ3n) is 4.31. The number of nitrogens with zero attached hydrogens (tertiary/aromatic N) is 2. The lowest BCUT2D eigenvalue weighted by Gasteiger charge is -2.29. The van der Waals surface area contributed by atoms with Crippen LogP contribution in [0.5, 0.6) is 0 Å². The Morgan fingerprint density at radius 2 is 2.05 bits per heavy atom. The molecule has 0 saturated carbocycles. The van der Waals surface area contributed by atoms with Crippen molar-refractivity contribution in [2.75, 3.05) is 51.3 Å². The maximum atomic E-state index is 12.3. The summed E-state index contributed by atoms with van der Waals surface area (Å²) in [6.07, 6.45) is 1.06. The highest BCUT2D eigenvalue weighted by molar-refractivity contribution is 6.33. The molecule has 1 atom stereocenters. The first-order chi connectivity index (χ1) is 10.7. The van der Waals surface area contributed by atoms with Crippen LogP contribution in [-0.4, -0.2) is 61.8 Å². The molecule has 2 aliphatic rings. The summed E-state index contributed by atoms with van der Waals surface area (Å²) < 4.78 is 5.37. The molecular weight excluding hydrogens is 302 g/mol. The summed E-state index contributed by atoms with van der Waals surface area (Å²) in [6.45, 7) is 6.33. The Balaban J connectivity index is 1.49. The molecule has 0 aliphatic carbocycles. The molecule has 2 saturated heterocycles. The number of urea groups is 1. The first kappa shape index (κ1) is 15.6. The fraction of sp³-hybridized carbons (Fsp3) is 0.562. The highest BCUT2D eigenvalue weighted by Crippen LogP contribution is 2.23. The maximum absolute atomic E-state index is 12.3. The standard InChI is InChI=1S/C16H22ClN3O2/c17-14-3-1-2-4-15(14)18-16(21)20-6-5-13(12-20)11-19-7-9-22-10-8-19/h1-4,13H,5-12H2,(H,18,21)/t13-/m1/s1. The van der Waals surface area contributed by atoms with Crippen molar-refractivity contribution in [2.24, 2.45) is 5.92 Å². The number of anilines is 1. The molecular formula is C16H22ClN3O2. The van der Waals surface area contributed by atoms with Gasteiger partial charge in [0.25, 0.3) is 0 Å². The predicted octanol–water partition coefficient (Wildman–Crippen LogP) is 2.53. The van der Waals surface area contributed by atoms with Crippen molar-refractivity contribution in [2.45, 2.75) is 6.42 Å². The van der Waals surface area contributed by atoms with Crippen LogP contribution in [0.15, 0.2) is 24.3 Å². The Morgan fingerprint density at radius 3 is 2.82 bits per heavy atom. The lowest BCUT2D eigenvalue weighted by Crippen LogP contribution is -2.40. The van der Waals surface area contributed by atoms with E-state index in [1.807, 2.05) is 23.1 Å². The van der Waals surface area contributed by atoms with Gasteiger partial charge in [-0.2, -0.15) is 0 Å². The molecule has 2 amide bonds. The van der Waals surface area contributed by atoms with Gasteiger partial charge >= 0.3 is 6.03 Å². The summed E-state index contributed by atoms with van der Waals surface area (Å²) in [4.78, 5) is 16.6. The predicted molar refractivity (Wildman–Crippen MR) is 87.4 cm³/mol. The van der Waals surface area contributed by atoms with Gasteiger partial charge in [0.1, 0.15) is 0 Å². The molecule has 5 nitrogen and oxygen atoms in total. The van der Waals surface area contributed by atoms with Gasteiger partial charge in [-0.15, -0.1) is 0 Å². The van der Waals surface area contributed by atoms with Crippen LogP contribution in [0.25, 0.3) is 0 Å². The molecule has 0 spiro atoms. The Hall–Kier alpha value is -1.30. The lowest BCUT2D eigenvalue weighted by molar-refractivity contribution is 0.0314. The van der Waals surface area contributed by atoms with Gasteiger partial charge in [-0.3, -0.25) is 4.90 Å². The Morgan fingerprint density at radius 1 is 1.27 bits per heavy atom. The van der Waals surface area contributed by atoms with Crippen molar-refractivity contribution in [3.05, 3.63) is 29.3 Å². The number of carbonyl (C=O) groups excluding carboxylic acids is 1. The third-order valence-corrected chi connectivity index (χ3v) is 4.64. The van der Waals surface area contributed by atoms with Crippen LogP contribution in [0, 0.1) is 5.92 Å². The van der Waals surface area contributed by atoms with Crippen molar-refractivity contribution in [1.29, 1.82) is 0 Å². The summed E-state index contributed by atoms with van der Waals surface area (Å²) >= 11 is 6.08. The molecule has 2 aliphatic heterocycles. The number of rotatable bonds is 3. The van der Waals surface area contributed by atoms with E-state index in [-0.39, 0.29) is 6.03 Å². The van der Waals surface area contributed by atoms with E-state index in [1.54, 1.807) is 6.07 Å². The zero-order chi connectivity index (χ0) is 15.4. The van der Waals surface area contributed by atoms with Crippen molar-refractivity contribution in [1.82, 2.24) is 9.80 Å². The first-order valence-corrected chi connectivity index (χ1v) is 8.21. The van der Waals surface area contributed by atoms with Gasteiger partial charge in [-0.1, -0.05) is 23.7 Å². The number of likely N-dealkylation sites (tertiary alicyclic amines) is 1. The molecule has 0 aromatic heterocycles. The van der Waals surface area contributed by atoms with Crippen molar-refractivity contribution in [3.8, 4) is 0 Å². The molecule has 22 heavy (non-hydrogen) atoms. The van der Waals surface area contributed by atoms with Crippen LogP contribution in [0.1, 0.15) is 6.42 Å². The smallest absolute Gasteiger partial charge is 0.321 e. The topological polar surface area (TPSA) is 44.8 Å². The van der Waals surface area contributed by atoms with Crippen LogP contribution in [0.3, 0.4) is 0 Å². The van der Waals surface area contributed by atoms with Crippen molar-refractivity contribution < 1.29 is 9.53 Å². The van der Waals surface area contributed by atoms with Gasteiger partial charge in [0.05, 0.1) is 23.9 Å². The van der Waals surface area contributed by atoms with E-state index in [0.717, 1.165) is 52.4 Å². The average Bonchev–Trinajstić information content (AvgIpc) is 2.99. The van der Waals surface area contributed by atoms with E-state index in [0.29, 0.717) is 16.6 Å². The van der Waals surface area contributed by atoms with Gasteiger partial charge in [-0.05, 0) is 24.5 Å². The lowest BCUT2D eigenvalue weighted by atomic mass is 10.1. The van der Waals surface area contributed by atoms with Gasteiger partial charge in [0.15, 0.2) is 0 Å². The number of hydrogen-bond acceptors (Lipinski definition) is 3. The average molecular weight is 324 g/mol. The number of halogens is 1. The zero-order valence-electron chi connectivity index (χ0n) is 12.6. The highest BCUT2D eigenvalue weighted by Gasteiger charge is 2.28. The quantitative estimate of drug-likeness (QED) is 0.929. The minimum Gasteiger partial charge on any atom is -0.379 e. The molecule has 1 aromatic carbocycles. The van der Waals surface area contributed by atoms with Gasteiger partial charge < -0.3 is 15.0 Å². The van der Waals surface area contributed by atoms with Gasteiger partial charge in [0, 0.05) is 32.7 Å². The molecule has 2 fully saturated rings. The molecule has 0 radical (unpaired) electrons. The summed E-state index contributed by atoms with van der Waals surface area (Å²) in [6, 6.07) is 7.26. The van der Waals surface area contributed by atoms with E-state index in [2.05, 4.69) is 10.2 Å². The molecule has 120 valence electrons. The Kier molecular flexibility index (Phi) is 5.18. The Labute approximate surface area is 136 Å². The van der Waals surface area contributed by atoms with Crippen molar-refractivity contribution in [3.63, 3.8) is 0 Å². The second-order valence-electron chi connectivity index (χ2n) is 5.92. The summed E-state index contributed by atoms with van der Waals surface area (Å²) in [5, 5.41) is 3.47. The Bertz CT molecular complexity index is 520. The second-order valence-corrected chi connectivity index (χ2v) is 6.33. The zero-order valence-corrected chi connectivity index (χ0v) is 13.4. The van der Waals surface area contributed by atoms with Crippen LogP contribution >= 0.6 is 11.6 Å². The molecule has 1 aromatic rings. The molecule has 0 bridgehead atoms. The van der Waals surface area contributed by atoms with Crippen molar-refractivity contribution >= 4 is 23.3 Å². The van der Waals surface area contributed by atoms with Crippen LogP contribution in [-0.2, 0) is 4.74 Å². The second kappa shape index (κ2) is 7.31. The van der Waals surface area contributed by atoms with E-state index in [9.17, 15) is 4.79 Å². The fourth-order valence-corrected chi connectivity index (χ4v) is 3.25. The SMILES string of the molecule is O=C(Nc1ccccc1Cl)N1CC[C@H](CN2CCOCC2)C1. The van der Waals surface area contributed by atoms with E-state index in [1.165, 1.54) is 0 Å². The molecule has 0 unspecified atom stereocenters. The fourth-order valence-electron chi connectivity index (χ4n) is 3.07. The number of morpholine rings is 1. The highest BCUT2D eigenvalue weighted by atomic mass is 35.5. The molecule has 6 heteroatoms. The minimum atomic E-state index is -0.0578. The molecule has 2 heterocycles.